The summed E-state index contributed by atoms with van der Waals surface area (Å²) >= 11 is 16.4. The summed E-state index contributed by atoms with van der Waals surface area (Å²) in [6.07, 6.45) is 0. The number of anilines is 1. The summed E-state index contributed by atoms with van der Waals surface area (Å²) in [6.45, 7) is 0.741. The van der Waals surface area contributed by atoms with Crippen molar-refractivity contribution in [3.05, 3.63) is 60.4 Å². The predicted octanol–water partition coefficient (Wildman–Crippen LogP) is 6.24. The van der Waals surface area contributed by atoms with E-state index in [9.17, 15) is 0 Å². The van der Waals surface area contributed by atoms with Gasteiger partial charge in [0.05, 0.1) is 5.69 Å². The maximum Gasteiger partial charge on any atom is 0.0502 e. The second kappa shape index (κ2) is 6.42. The summed E-state index contributed by atoms with van der Waals surface area (Å²) < 4.78 is 3.10. The topological polar surface area (TPSA) is 12.0 Å². The number of hydrogen-bond donors (Lipinski definition) is 1. The molecular formula is C13H9Br3ClN. The molecule has 0 aromatic heterocycles. The lowest BCUT2D eigenvalue weighted by Gasteiger charge is -2.10. The quantitative estimate of drug-likeness (QED) is 0.579. The molecule has 1 nitrogen and oxygen atoms in total. The average molecular weight is 454 g/mol. The lowest BCUT2D eigenvalue weighted by molar-refractivity contribution is 1.14. The SMILES string of the molecule is Clc1ccc(Br)c(NCc2ccc(Br)c(Br)c2)c1. The smallest absolute Gasteiger partial charge is 0.0502 e. The fourth-order valence-electron chi connectivity index (χ4n) is 1.48. The van der Waals surface area contributed by atoms with Crippen LogP contribution >= 0.6 is 59.4 Å². The molecule has 94 valence electrons. The van der Waals surface area contributed by atoms with Gasteiger partial charge in [-0.05, 0) is 83.7 Å². The van der Waals surface area contributed by atoms with Gasteiger partial charge in [0.15, 0.2) is 0 Å². The molecule has 2 aromatic rings. The summed E-state index contributed by atoms with van der Waals surface area (Å²) in [5.41, 5.74) is 2.18. The van der Waals surface area contributed by atoms with Crippen LogP contribution in [0.1, 0.15) is 5.56 Å². The van der Waals surface area contributed by atoms with E-state index in [1.807, 2.05) is 24.3 Å². The Morgan fingerprint density at radius 3 is 2.33 bits per heavy atom. The lowest BCUT2D eigenvalue weighted by Crippen LogP contribution is -2.00. The fourth-order valence-corrected chi connectivity index (χ4v) is 2.71. The van der Waals surface area contributed by atoms with Crippen LogP contribution in [0.4, 0.5) is 5.69 Å². The van der Waals surface area contributed by atoms with E-state index < -0.39 is 0 Å². The highest BCUT2D eigenvalue weighted by molar-refractivity contribution is 9.13. The maximum absolute atomic E-state index is 5.97. The molecule has 0 unspecified atom stereocenters. The molecule has 5 heteroatoms. The molecule has 2 aromatic carbocycles. The van der Waals surface area contributed by atoms with E-state index >= 15 is 0 Å². The standard InChI is InChI=1S/C13H9Br3ClN/c14-10-3-1-8(5-12(10)16)7-18-13-6-9(17)2-4-11(13)15/h1-6,18H,7H2. The number of halogens is 4. The first-order valence-electron chi connectivity index (χ1n) is 5.19. The van der Waals surface area contributed by atoms with Crippen molar-refractivity contribution in [2.45, 2.75) is 6.54 Å². The fraction of sp³-hybridized carbons (Fsp3) is 0.0769. The van der Waals surface area contributed by atoms with Crippen molar-refractivity contribution < 1.29 is 0 Å². The molecule has 1 N–H and O–H groups in total. The lowest BCUT2D eigenvalue weighted by atomic mass is 10.2. The van der Waals surface area contributed by atoms with Gasteiger partial charge in [-0.3, -0.25) is 0 Å². The van der Waals surface area contributed by atoms with E-state index in [2.05, 4.69) is 65.2 Å². The molecule has 0 amide bonds. The van der Waals surface area contributed by atoms with Gasteiger partial charge in [0.1, 0.15) is 0 Å². The Kier molecular flexibility index (Phi) is 5.13. The van der Waals surface area contributed by atoms with Crippen molar-refractivity contribution in [3.8, 4) is 0 Å². The highest BCUT2D eigenvalue weighted by atomic mass is 79.9. The normalized spacial score (nSPS) is 10.4. The predicted molar refractivity (Wildman–Crippen MR) is 88.3 cm³/mol. The molecule has 0 aliphatic rings. The number of rotatable bonds is 3. The average Bonchev–Trinajstić information content (AvgIpc) is 2.34. The summed E-state index contributed by atoms with van der Waals surface area (Å²) in [6, 6.07) is 11.9. The summed E-state index contributed by atoms with van der Waals surface area (Å²) in [5.74, 6) is 0. The van der Waals surface area contributed by atoms with E-state index in [0.29, 0.717) is 0 Å². The Bertz CT molecular complexity index is 572. The van der Waals surface area contributed by atoms with Crippen LogP contribution < -0.4 is 5.32 Å². The van der Waals surface area contributed by atoms with Crippen LogP contribution in [0.3, 0.4) is 0 Å². The van der Waals surface area contributed by atoms with Crippen LogP contribution in [0.5, 0.6) is 0 Å². The van der Waals surface area contributed by atoms with Gasteiger partial charge < -0.3 is 5.32 Å². The van der Waals surface area contributed by atoms with Crippen molar-refractivity contribution in [2.24, 2.45) is 0 Å². The highest BCUT2D eigenvalue weighted by Crippen LogP contribution is 2.27. The van der Waals surface area contributed by atoms with Gasteiger partial charge in [0.2, 0.25) is 0 Å². The van der Waals surface area contributed by atoms with E-state index in [4.69, 9.17) is 11.6 Å². The first-order chi connectivity index (χ1) is 8.56. The first-order valence-corrected chi connectivity index (χ1v) is 7.95. The van der Waals surface area contributed by atoms with Gasteiger partial charge in [0.25, 0.3) is 0 Å². The Balaban J connectivity index is 2.11. The van der Waals surface area contributed by atoms with Crippen molar-refractivity contribution in [3.63, 3.8) is 0 Å². The highest BCUT2D eigenvalue weighted by Gasteiger charge is 2.02. The second-order valence-electron chi connectivity index (χ2n) is 3.73. The third-order valence-corrected chi connectivity index (χ3v) is 5.20. The van der Waals surface area contributed by atoms with Crippen LogP contribution in [0.25, 0.3) is 0 Å². The Morgan fingerprint density at radius 2 is 1.61 bits per heavy atom. The van der Waals surface area contributed by atoms with Crippen LogP contribution in [0.15, 0.2) is 49.8 Å². The molecule has 2 rings (SSSR count). The number of benzene rings is 2. The molecule has 0 bridgehead atoms. The monoisotopic (exact) mass is 451 g/mol. The zero-order chi connectivity index (χ0) is 13.1. The van der Waals surface area contributed by atoms with Crippen molar-refractivity contribution >= 4 is 65.1 Å². The molecule has 0 radical (unpaired) electrons. The Labute approximate surface area is 136 Å². The third-order valence-electron chi connectivity index (χ3n) is 2.40. The summed E-state index contributed by atoms with van der Waals surface area (Å²) in [4.78, 5) is 0. The van der Waals surface area contributed by atoms with E-state index in [1.54, 1.807) is 0 Å². The maximum atomic E-state index is 5.97. The molecule has 0 aliphatic carbocycles. The van der Waals surface area contributed by atoms with Crippen molar-refractivity contribution in [1.82, 2.24) is 0 Å². The molecule has 0 fully saturated rings. The molecule has 0 heterocycles. The van der Waals surface area contributed by atoms with Crippen LogP contribution in [-0.4, -0.2) is 0 Å². The minimum atomic E-state index is 0.720. The van der Waals surface area contributed by atoms with Crippen LogP contribution in [0, 0.1) is 0 Å². The van der Waals surface area contributed by atoms with Crippen LogP contribution in [0.2, 0.25) is 5.02 Å². The van der Waals surface area contributed by atoms with E-state index in [0.717, 1.165) is 30.7 Å². The minimum Gasteiger partial charge on any atom is -0.380 e. The molecule has 18 heavy (non-hydrogen) atoms. The Hall–Kier alpha value is -0.0300. The summed E-state index contributed by atoms with van der Waals surface area (Å²) in [7, 11) is 0. The van der Waals surface area contributed by atoms with Crippen molar-refractivity contribution in [2.75, 3.05) is 5.32 Å². The third kappa shape index (κ3) is 3.73. The number of hydrogen-bond acceptors (Lipinski definition) is 1. The number of nitrogens with one attached hydrogen (secondary N) is 1. The molecular weight excluding hydrogens is 445 g/mol. The molecule has 0 saturated heterocycles. The Morgan fingerprint density at radius 1 is 0.889 bits per heavy atom. The zero-order valence-electron chi connectivity index (χ0n) is 9.18. The van der Waals surface area contributed by atoms with Gasteiger partial charge in [-0.15, -0.1) is 0 Å². The first kappa shape index (κ1) is 14.4. The second-order valence-corrected chi connectivity index (χ2v) is 6.73. The van der Waals surface area contributed by atoms with Gasteiger partial charge in [-0.1, -0.05) is 17.7 Å². The molecule has 0 saturated carbocycles. The van der Waals surface area contributed by atoms with E-state index in [1.165, 1.54) is 5.56 Å². The largest absolute Gasteiger partial charge is 0.380 e. The molecule has 0 aliphatic heterocycles. The van der Waals surface area contributed by atoms with E-state index in [-0.39, 0.29) is 0 Å². The van der Waals surface area contributed by atoms with Gasteiger partial charge in [-0.2, -0.15) is 0 Å². The minimum absolute atomic E-state index is 0.720. The van der Waals surface area contributed by atoms with Crippen molar-refractivity contribution in [1.29, 1.82) is 0 Å². The molecule has 0 spiro atoms. The van der Waals surface area contributed by atoms with Gasteiger partial charge in [0, 0.05) is 25.0 Å². The summed E-state index contributed by atoms with van der Waals surface area (Å²) in [5, 5.41) is 4.07. The molecule has 0 atom stereocenters. The zero-order valence-corrected chi connectivity index (χ0v) is 14.7. The van der Waals surface area contributed by atoms with Gasteiger partial charge >= 0.3 is 0 Å². The van der Waals surface area contributed by atoms with Gasteiger partial charge in [-0.25, -0.2) is 0 Å². The van der Waals surface area contributed by atoms with Crippen LogP contribution in [-0.2, 0) is 6.54 Å².